The highest BCUT2D eigenvalue weighted by molar-refractivity contribution is 5.98. The summed E-state index contributed by atoms with van der Waals surface area (Å²) in [6, 6.07) is 15.1. The van der Waals surface area contributed by atoms with E-state index in [9.17, 15) is 19.2 Å². The molecule has 0 aromatic heterocycles. The van der Waals surface area contributed by atoms with Gasteiger partial charge in [0, 0.05) is 17.9 Å². The van der Waals surface area contributed by atoms with Gasteiger partial charge in [0.05, 0.1) is 6.04 Å². The topological polar surface area (TPSA) is 129 Å². The number of carbonyl (C=O) groups is 4. The highest BCUT2D eigenvalue weighted by Gasteiger charge is 2.49. The predicted molar refractivity (Wildman–Crippen MR) is 116 cm³/mol. The molecule has 2 aromatic carbocycles. The summed E-state index contributed by atoms with van der Waals surface area (Å²) in [7, 11) is 0. The van der Waals surface area contributed by atoms with Crippen molar-refractivity contribution in [1.82, 2.24) is 15.5 Å². The molecule has 0 aliphatic carbocycles. The molecule has 0 unspecified atom stereocenters. The van der Waals surface area contributed by atoms with Crippen molar-refractivity contribution in [1.29, 1.82) is 0 Å². The fraction of sp³-hybridized carbons (Fsp3) is 0.273. The van der Waals surface area contributed by atoms with Gasteiger partial charge in [0.1, 0.15) is 19.2 Å². The Bertz CT molecular complexity index is 1010. The van der Waals surface area contributed by atoms with Crippen molar-refractivity contribution < 1.29 is 23.9 Å². The number of amides is 5. The summed E-state index contributed by atoms with van der Waals surface area (Å²) in [4.78, 5) is 49.3. The molecule has 0 radical (unpaired) electrons. The molecule has 4 rings (SSSR count). The first-order chi connectivity index (χ1) is 15.5. The van der Waals surface area contributed by atoms with Crippen LogP contribution >= 0.6 is 0 Å². The molecule has 5 amide bonds. The van der Waals surface area contributed by atoms with Gasteiger partial charge in [-0.25, -0.2) is 9.59 Å². The number of alkyl carbamates (subject to hydrolysis) is 1. The van der Waals surface area contributed by atoms with Crippen molar-refractivity contribution >= 4 is 35.3 Å². The number of rotatable bonds is 6. The lowest BCUT2D eigenvalue weighted by atomic mass is 10.0. The third-order valence-electron chi connectivity index (χ3n) is 5.28. The minimum absolute atomic E-state index is 0.0510. The second-order valence-electron chi connectivity index (χ2n) is 7.51. The van der Waals surface area contributed by atoms with Crippen LogP contribution < -0.4 is 21.3 Å². The van der Waals surface area contributed by atoms with Gasteiger partial charge in [0.2, 0.25) is 11.8 Å². The number of nitrogens with zero attached hydrogens (tertiary/aromatic N) is 1. The molecule has 2 heterocycles. The number of carbonyl (C=O) groups excluding carboxylic acids is 4. The number of anilines is 2. The predicted octanol–water partition coefficient (Wildman–Crippen LogP) is 1.66. The van der Waals surface area contributed by atoms with E-state index >= 15 is 0 Å². The van der Waals surface area contributed by atoms with Crippen molar-refractivity contribution in [3.05, 3.63) is 60.2 Å². The second-order valence-corrected chi connectivity index (χ2v) is 7.51. The van der Waals surface area contributed by atoms with E-state index in [1.54, 1.807) is 24.3 Å². The number of ether oxygens (including phenoxy) is 1. The Morgan fingerprint density at radius 1 is 1.00 bits per heavy atom. The summed E-state index contributed by atoms with van der Waals surface area (Å²) in [6.45, 7) is 0.394. The van der Waals surface area contributed by atoms with E-state index in [4.69, 9.17) is 4.74 Å². The lowest BCUT2D eigenvalue weighted by Crippen LogP contribution is -2.65. The van der Waals surface area contributed by atoms with Gasteiger partial charge in [0.15, 0.2) is 0 Å². The Kier molecular flexibility index (Phi) is 6.20. The highest BCUT2D eigenvalue weighted by Crippen LogP contribution is 2.26. The van der Waals surface area contributed by atoms with Crippen LogP contribution in [0.15, 0.2) is 54.6 Å². The normalized spacial score (nSPS) is 18.6. The highest BCUT2D eigenvalue weighted by atomic mass is 16.5. The number of benzene rings is 2. The van der Waals surface area contributed by atoms with Crippen LogP contribution in [-0.4, -0.2) is 54.0 Å². The van der Waals surface area contributed by atoms with Crippen LogP contribution in [0.5, 0.6) is 0 Å². The molecular formula is C22H23N5O5. The summed E-state index contributed by atoms with van der Waals surface area (Å²) >= 11 is 0. The third kappa shape index (κ3) is 4.97. The van der Waals surface area contributed by atoms with Crippen molar-refractivity contribution in [2.45, 2.75) is 25.1 Å². The quantitative estimate of drug-likeness (QED) is 0.511. The third-order valence-corrected chi connectivity index (χ3v) is 5.28. The number of likely N-dealkylation sites (tertiary alicyclic amines) is 1. The molecule has 10 heteroatoms. The number of urea groups is 1. The van der Waals surface area contributed by atoms with Gasteiger partial charge >= 0.3 is 12.1 Å². The van der Waals surface area contributed by atoms with Gasteiger partial charge in [-0.1, -0.05) is 30.3 Å². The van der Waals surface area contributed by atoms with Crippen molar-refractivity contribution in [2.24, 2.45) is 0 Å². The van der Waals surface area contributed by atoms with Gasteiger partial charge in [-0.2, -0.15) is 0 Å². The van der Waals surface area contributed by atoms with Crippen molar-refractivity contribution in [3.63, 3.8) is 0 Å². The molecular weight excluding hydrogens is 414 g/mol. The van der Waals surface area contributed by atoms with Crippen LogP contribution in [0.1, 0.15) is 12.0 Å². The smallest absolute Gasteiger partial charge is 0.407 e. The minimum Gasteiger partial charge on any atom is -0.445 e. The van der Waals surface area contributed by atoms with E-state index in [2.05, 4.69) is 21.3 Å². The number of fused-ring (bicyclic) bond motifs is 1. The molecule has 0 spiro atoms. The van der Waals surface area contributed by atoms with E-state index in [0.717, 1.165) is 12.0 Å². The standard InChI is InChI=1S/C22H23N5O5/c28-18(12-23-22(31)32-13-14-4-2-1-3-5-14)24-15-6-8-16(9-7-15)25-21(30)27-11-10-17-19(27)20(29)26-17/h1-9,17,19H,10-13H2,(H,23,31)(H,24,28)(H,25,30)(H,26,29)/t17-,19+/m1/s1. The Morgan fingerprint density at radius 3 is 2.38 bits per heavy atom. The summed E-state index contributed by atoms with van der Waals surface area (Å²) in [5.41, 5.74) is 1.89. The van der Waals surface area contributed by atoms with Crippen LogP contribution in [0, 0.1) is 0 Å². The molecule has 166 valence electrons. The van der Waals surface area contributed by atoms with Crippen LogP contribution in [0.3, 0.4) is 0 Å². The largest absolute Gasteiger partial charge is 0.445 e. The Balaban J connectivity index is 1.18. The number of hydrogen-bond donors (Lipinski definition) is 4. The summed E-state index contributed by atoms with van der Waals surface area (Å²) in [5.74, 6) is -0.546. The lowest BCUT2D eigenvalue weighted by molar-refractivity contribution is -0.132. The van der Waals surface area contributed by atoms with E-state index in [-0.39, 0.29) is 37.2 Å². The number of nitrogens with one attached hydrogen (secondary N) is 4. The molecule has 4 N–H and O–H groups in total. The fourth-order valence-electron chi connectivity index (χ4n) is 3.63. The van der Waals surface area contributed by atoms with Crippen LogP contribution in [0.25, 0.3) is 0 Å². The first-order valence-electron chi connectivity index (χ1n) is 10.2. The first-order valence-corrected chi connectivity index (χ1v) is 10.2. The zero-order valence-electron chi connectivity index (χ0n) is 17.2. The van der Waals surface area contributed by atoms with E-state index in [1.165, 1.54) is 4.90 Å². The molecule has 2 aromatic rings. The van der Waals surface area contributed by atoms with E-state index in [1.807, 2.05) is 30.3 Å². The molecule has 2 aliphatic rings. The molecule has 2 fully saturated rings. The number of hydrogen-bond acceptors (Lipinski definition) is 5. The van der Waals surface area contributed by atoms with Crippen LogP contribution in [-0.2, 0) is 20.9 Å². The lowest BCUT2D eigenvalue weighted by Gasteiger charge is -2.35. The Labute approximate surface area is 184 Å². The van der Waals surface area contributed by atoms with Crippen LogP contribution in [0.4, 0.5) is 21.0 Å². The van der Waals surface area contributed by atoms with Crippen molar-refractivity contribution in [2.75, 3.05) is 23.7 Å². The molecule has 32 heavy (non-hydrogen) atoms. The van der Waals surface area contributed by atoms with Crippen molar-refractivity contribution in [3.8, 4) is 0 Å². The van der Waals surface area contributed by atoms with Gasteiger partial charge in [-0.3, -0.25) is 9.59 Å². The van der Waals surface area contributed by atoms with Gasteiger partial charge < -0.3 is 30.9 Å². The second kappa shape index (κ2) is 9.38. The summed E-state index contributed by atoms with van der Waals surface area (Å²) in [5, 5.41) is 10.6. The van der Waals surface area contributed by atoms with Gasteiger partial charge in [0.25, 0.3) is 0 Å². The zero-order valence-corrected chi connectivity index (χ0v) is 17.2. The Morgan fingerprint density at radius 2 is 1.69 bits per heavy atom. The maximum absolute atomic E-state index is 12.4. The molecule has 2 atom stereocenters. The van der Waals surface area contributed by atoms with Gasteiger partial charge in [-0.05, 0) is 36.2 Å². The summed E-state index contributed by atoms with van der Waals surface area (Å²) in [6.07, 6.45) is 0.0641. The SMILES string of the molecule is O=C(CNC(=O)OCc1ccccc1)Nc1ccc(NC(=O)N2CC[C@H]3NC(=O)[C@H]32)cc1. The fourth-order valence-corrected chi connectivity index (χ4v) is 3.63. The molecule has 0 bridgehead atoms. The maximum Gasteiger partial charge on any atom is 0.407 e. The zero-order chi connectivity index (χ0) is 22.5. The van der Waals surface area contributed by atoms with E-state index < -0.39 is 12.0 Å². The average molecular weight is 437 g/mol. The minimum atomic E-state index is -0.689. The molecule has 2 saturated heterocycles. The first kappa shape index (κ1) is 21.2. The summed E-state index contributed by atoms with van der Waals surface area (Å²) < 4.78 is 5.05. The maximum atomic E-state index is 12.4. The molecule has 10 nitrogen and oxygen atoms in total. The Hall–Kier alpha value is -4.08. The van der Waals surface area contributed by atoms with E-state index in [0.29, 0.717) is 17.9 Å². The number of β-lactam (4-membered cyclic amide) rings is 1. The van der Waals surface area contributed by atoms with Crippen LogP contribution in [0.2, 0.25) is 0 Å². The van der Waals surface area contributed by atoms with Gasteiger partial charge in [-0.15, -0.1) is 0 Å². The average Bonchev–Trinajstić information content (AvgIpc) is 3.15. The monoisotopic (exact) mass is 437 g/mol. The molecule has 0 saturated carbocycles. The molecule has 2 aliphatic heterocycles.